The number of benzene rings is 10. The molecule has 12 rings (SSSR count). The molecule has 0 N–H and O–H groups in total. The van der Waals surface area contributed by atoms with Crippen molar-refractivity contribution in [2.45, 2.75) is 0 Å². The normalized spacial score (nSPS) is 11.5. The van der Waals surface area contributed by atoms with Crippen molar-refractivity contribution in [1.82, 2.24) is 4.57 Å². The lowest BCUT2D eigenvalue weighted by molar-refractivity contribution is 0.669. The van der Waals surface area contributed by atoms with Crippen molar-refractivity contribution >= 4 is 60.8 Å². The molecule has 12 aromatic rings. The molecule has 0 aliphatic carbocycles. The molecule has 63 heavy (non-hydrogen) atoms. The minimum atomic E-state index is 0.881. The fraction of sp³-hybridized carbons (Fsp3) is 0. The highest BCUT2D eigenvalue weighted by atomic mass is 16.3. The second-order valence-electron chi connectivity index (χ2n) is 16.1. The van der Waals surface area contributed by atoms with Crippen molar-refractivity contribution in [3.05, 3.63) is 243 Å². The van der Waals surface area contributed by atoms with Gasteiger partial charge in [-0.15, -0.1) is 0 Å². The van der Waals surface area contributed by atoms with E-state index in [2.05, 4.69) is 240 Å². The fourth-order valence-corrected chi connectivity index (χ4v) is 9.46. The second kappa shape index (κ2) is 15.3. The summed E-state index contributed by atoms with van der Waals surface area (Å²) in [5, 5.41) is 4.77. The van der Waals surface area contributed by atoms with Gasteiger partial charge in [0.2, 0.25) is 0 Å². The van der Waals surface area contributed by atoms with Crippen molar-refractivity contribution in [3.8, 4) is 50.2 Å². The maximum atomic E-state index is 6.37. The van der Waals surface area contributed by atoms with E-state index >= 15 is 0 Å². The fourth-order valence-electron chi connectivity index (χ4n) is 9.46. The van der Waals surface area contributed by atoms with Crippen LogP contribution in [0.4, 0.5) is 17.1 Å². The molecule has 0 radical (unpaired) electrons. The number of aromatic nitrogens is 1. The van der Waals surface area contributed by atoms with E-state index in [-0.39, 0.29) is 0 Å². The smallest absolute Gasteiger partial charge is 0.136 e. The number of anilines is 3. The van der Waals surface area contributed by atoms with Gasteiger partial charge < -0.3 is 13.9 Å². The topological polar surface area (TPSA) is 21.3 Å². The summed E-state index contributed by atoms with van der Waals surface area (Å²) in [6, 6.07) is 87.1. The van der Waals surface area contributed by atoms with Crippen LogP contribution in [0.2, 0.25) is 0 Å². The number of fused-ring (bicyclic) bond motifs is 6. The van der Waals surface area contributed by atoms with E-state index < -0.39 is 0 Å². The van der Waals surface area contributed by atoms with Crippen molar-refractivity contribution in [2.75, 3.05) is 4.90 Å². The maximum Gasteiger partial charge on any atom is 0.136 e. The molecule has 0 fully saturated rings. The number of para-hydroxylation sites is 4. The summed E-state index contributed by atoms with van der Waals surface area (Å²) in [7, 11) is 0. The van der Waals surface area contributed by atoms with Gasteiger partial charge in [0.25, 0.3) is 0 Å². The molecule has 3 nitrogen and oxygen atoms in total. The van der Waals surface area contributed by atoms with Crippen LogP contribution in [0.3, 0.4) is 0 Å². The van der Waals surface area contributed by atoms with Crippen LogP contribution in [0.15, 0.2) is 247 Å². The predicted molar refractivity (Wildman–Crippen MR) is 264 cm³/mol. The Morgan fingerprint density at radius 1 is 0.317 bits per heavy atom. The Labute approximate surface area is 366 Å². The third kappa shape index (κ3) is 6.38. The Bertz CT molecular complexity index is 3560. The first-order valence-electron chi connectivity index (χ1n) is 21.5. The van der Waals surface area contributed by atoms with Gasteiger partial charge in [-0.05, 0) is 112 Å². The summed E-state index contributed by atoms with van der Waals surface area (Å²) in [6.07, 6.45) is 0. The minimum Gasteiger partial charge on any atom is -0.456 e. The predicted octanol–water partition coefficient (Wildman–Crippen LogP) is 16.8. The Hall–Kier alpha value is -8.40. The average molecular weight is 805 g/mol. The summed E-state index contributed by atoms with van der Waals surface area (Å²) in [5.41, 5.74) is 17.9. The van der Waals surface area contributed by atoms with E-state index in [1.54, 1.807) is 0 Å². The monoisotopic (exact) mass is 804 g/mol. The molecule has 2 heterocycles. The Morgan fingerprint density at radius 3 is 1.56 bits per heavy atom. The van der Waals surface area contributed by atoms with Gasteiger partial charge in [0.15, 0.2) is 0 Å². The zero-order valence-electron chi connectivity index (χ0n) is 34.4. The van der Waals surface area contributed by atoms with Crippen LogP contribution in [-0.4, -0.2) is 4.57 Å². The maximum absolute atomic E-state index is 6.37. The van der Waals surface area contributed by atoms with Crippen LogP contribution in [0.1, 0.15) is 0 Å². The van der Waals surface area contributed by atoms with E-state index in [1.165, 1.54) is 44.1 Å². The van der Waals surface area contributed by atoms with Gasteiger partial charge in [0.1, 0.15) is 11.2 Å². The molecule has 0 saturated heterocycles. The Balaban J connectivity index is 0.930. The van der Waals surface area contributed by atoms with Gasteiger partial charge in [-0.25, -0.2) is 0 Å². The van der Waals surface area contributed by atoms with Crippen molar-refractivity contribution in [3.63, 3.8) is 0 Å². The molecular formula is C60H40N2O. The second-order valence-corrected chi connectivity index (χ2v) is 16.1. The molecule has 10 aromatic carbocycles. The molecule has 0 atom stereocenters. The first kappa shape index (κ1) is 36.5. The summed E-state index contributed by atoms with van der Waals surface area (Å²) >= 11 is 0. The van der Waals surface area contributed by atoms with Gasteiger partial charge in [-0.3, -0.25) is 0 Å². The number of nitrogens with zero attached hydrogens (tertiary/aromatic N) is 2. The molecule has 3 heteroatoms. The highest BCUT2D eigenvalue weighted by Gasteiger charge is 2.21. The van der Waals surface area contributed by atoms with Gasteiger partial charge >= 0.3 is 0 Å². The van der Waals surface area contributed by atoms with E-state index in [1.807, 2.05) is 12.1 Å². The number of hydrogen-bond acceptors (Lipinski definition) is 2. The number of furan rings is 1. The van der Waals surface area contributed by atoms with Crippen LogP contribution < -0.4 is 4.90 Å². The van der Waals surface area contributed by atoms with E-state index in [0.717, 1.165) is 66.9 Å². The third-order valence-corrected chi connectivity index (χ3v) is 12.4. The molecule has 0 spiro atoms. The molecule has 2 aromatic heterocycles. The molecule has 0 aliphatic rings. The zero-order valence-corrected chi connectivity index (χ0v) is 34.4. The largest absolute Gasteiger partial charge is 0.456 e. The van der Waals surface area contributed by atoms with Gasteiger partial charge in [-0.1, -0.05) is 170 Å². The highest BCUT2D eigenvalue weighted by molar-refractivity contribution is 6.14. The quantitative estimate of drug-likeness (QED) is 0.153. The lowest BCUT2D eigenvalue weighted by Crippen LogP contribution is -2.11. The summed E-state index contributed by atoms with van der Waals surface area (Å²) in [5.74, 6) is 0. The van der Waals surface area contributed by atoms with Crippen LogP contribution >= 0.6 is 0 Å². The highest BCUT2D eigenvalue weighted by Crippen LogP contribution is 2.45. The van der Waals surface area contributed by atoms with E-state index in [0.29, 0.717) is 0 Å². The van der Waals surface area contributed by atoms with E-state index in [4.69, 9.17) is 4.42 Å². The van der Waals surface area contributed by atoms with Crippen LogP contribution in [0, 0.1) is 0 Å². The zero-order chi connectivity index (χ0) is 41.7. The lowest BCUT2D eigenvalue weighted by atomic mass is 9.96. The Morgan fingerprint density at radius 2 is 0.825 bits per heavy atom. The summed E-state index contributed by atoms with van der Waals surface area (Å²) in [4.78, 5) is 2.39. The van der Waals surface area contributed by atoms with Crippen molar-refractivity contribution in [2.24, 2.45) is 0 Å². The Kier molecular flexibility index (Phi) is 8.83. The van der Waals surface area contributed by atoms with E-state index in [9.17, 15) is 0 Å². The number of rotatable bonds is 8. The summed E-state index contributed by atoms with van der Waals surface area (Å²) < 4.78 is 8.74. The molecular weight excluding hydrogens is 765 g/mol. The first-order chi connectivity index (χ1) is 31.2. The van der Waals surface area contributed by atoms with Crippen LogP contribution in [0.25, 0.3) is 93.9 Å². The van der Waals surface area contributed by atoms with Gasteiger partial charge in [0, 0.05) is 44.2 Å². The average Bonchev–Trinajstić information content (AvgIpc) is 3.91. The molecule has 296 valence electrons. The third-order valence-electron chi connectivity index (χ3n) is 12.4. The molecule has 0 bridgehead atoms. The van der Waals surface area contributed by atoms with Crippen LogP contribution in [-0.2, 0) is 0 Å². The SMILES string of the molecule is c1ccc(-c2cccc(N(c3ccc(-c4cccc(-c5ccc(-n6c7ccccc7c7ccccc76)cc5)c4)cc3)c3ccccc3-c3cccc4oc5ccccc5c34)c2)cc1. The molecule has 0 unspecified atom stereocenters. The first-order valence-corrected chi connectivity index (χ1v) is 21.5. The van der Waals surface area contributed by atoms with Crippen molar-refractivity contribution < 1.29 is 4.42 Å². The number of hydrogen-bond donors (Lipinski definition) is 0. The summed E-state index contributed by atoms with van der Waals surface area (Å²) in [6.45, 7) is 0. The van der Waals surface area contributed by atoms with Crippen LogP contribution in [0.5, 0.6) is 0 Å². The van der Waals surface area contributed by atoms with Crippen molar-refractivity contribution in [1.29, 1.82) is 0 Å². The standard InChI is InChI=1S/C60H40N2O/c1-2-15-41(16-3-1)46-19-13-20-49(40-46)61(55-26-8-6-23-52(55)53-25-14-30-59-60(53)54-24-7-11-29-58(54)63-59)47-35-31-42(32-36-47)44-17-12-18-45(39-44)43-33-37-48(38-34-43)62-56-27-9-4-21-50(56)51-22-5-10-28-57(51)62/h1-40H. The molecule has 0 saturated carbocycles. The van der Waals surface area contributed by atoms with Gasteiger partial charge in [0.05, 0.1) is 16.7 Å². The molecule has 0 amide bonds. The lowest BCUT2D eigenvalue weighted by Gasteiger charge is -2.28. The molecule has 0 aliphatic heterocycles. The minimum absolute atomic E-state index is 0.881. The van der Waals surface area contributed by atoms with Gasteiger partial charge in [-0.2, -0.15) is 0 Å².